The molecule has 5 rings (SSSR count). The number of carbonyl (C=O) groups is 1. The number of fused-ring (bicyclic) bond motifs is 1. The van der Waals surface area contributed by atoms with Crippen LogP contribution in [0.15, 0.2) is 79.1 Å². The fourth-order valence-corrected chi connectivity index (χ4v) is 6.71. The van der Waals surface area contributed by atoms with Gasteiger partial charge in [0, 0.05) is 59.2 Å². The van der Waals surface area contributed by atoms with Crippen molar-refractivity contribution >= 4 is 17.3 Å². The zero-order valence-electron chi connectivity index (χ0n) is 22.9. The number of unbranched alkanes of at least 4 members (excludes halogenated alkanes) is 1. The molecular formula is C32H33FN4O3S. The van der Waals surface area contributed by atoms with Crippen molar-refractivity contribution < 1.29 is 18.8 Å². The van der Waals surface area contributed by atoms with Gasteiger partial charge in [-0.2, -0.15) is 0 Å². The molecule has 41 heavy (non-hydrogen) atoms. The lowest BCUT2D eigenvalue weighted by Gasteiger charge is -2.26. The summed E-state index contributed by atoms with van der Waals surface area (Å²) >= 11 is -1.26. The average Bonchev–Trinajstić information content (AvgIpc) is 3.38. The standard InChI is InChI=1S/C32H33FN4O3S/c1-2-3-16-41(40)37-21-26-18-28(32(39)35-20-25-8-4-5-12-27(25)33)36-31(30(26)29(37)13-15-38)23-10-6-9-22(17-23)24-11-7-14-34-19-24/h4-12,14,17-19,29,38H,2-3,13,15-16,20-21H2,1H3,(H,35,39)/t29-,41-/m0/s1. The molecule has 0 fully saturated rings. The molecule has 1 aliphatic rings. The van der Waals surface area contributed by atoms with E-state index in [9.17, 15) is 18.8 Å². The van der Waals surface area contributed by atoms with E-state index in [1.165, 1.54) is 6.07 Å². The summed E-state index contributed by atoms with van der Waals surface area (Å²) in [7, 11) is 0. The lowest BCUT2D eigenvalue weighted by Crippen LogP contribution is -2.32. The molecule has 9 heteroatoms. The first kappa shape index (κ1) is 28.9. The number of aliphatic hydroxyl groups excluding tert-OH is 1. The van der Waals surface area contributed by atoms with Gasteiger partial charge in [0.1, 0.15) is 17.3 Å². The number of rotatable bonds is 11. The highest BCUT2D eigenvalue weighted by molar-refractivity contribution is 7.89. The van der Waals surface area contributed by atoms with Crippen molar-refractivity contribution in [3.8, 4) is 22.4 Å². The number of hydrogen-bond donors (Lipinski definition) is 2. The summed E-state index contributed by atoms with van der Waals surface area (Å²) in [6.07, 6.45) is 5.65. The Kier molecular flexibility index (Phi) is 9.41. The van der Waals surface area contributed by atoms with Gasteiger partial charge in [-0.25, -0.2) is 9.37 Å². The van der Waals surface area contributed by atoms with Crippen molar-refractivity contribution in [3.05, 3.63) is 107 Å². The lowest BCUT2D eigenvalue weighted by molar-refractivity contribution is 0.0945. The zero-order chi connectivity index (χ0) is 28.8. The van der Waals surface area contributed by atoms with E-state index >= 15 is 0 Å². The zero-order valence-corrected chi connectivity index (χ0v) is 23.7. The summed E-state index contributed by atoms with van der Waals surface area (Å²) in [6, 6.07) is 19.5. The predicted octanol–water partition coefficient (Wildman–Crippen LogP) is 5.58. The Morgan fingerprint density at radius 3 is 2.68 bits per heavy atom. The highest BCUT2D eigenvalue weighted by Gasteiger charge is 2.40. The Hall–Kier alpha value is -3.63. The fourth-order valence-electron chi connectivity index (χ4n) is 5.17. The molecule has 2 atom stereocenters. The second-order valence-electron chi connectivity index (χ2n) is 10.0. The van der Waals surface area contributed by atoms with Crippen LogP contribution in [0.2, 0.25) is 0 Å². The Labute approximate surface area is 242 Å². The number of benzene rings is 2. The van der Waals surface area contributed by atoms with E-state index in [0.29, 0.717) is 30.0 Å². The van der Waals surface area contributed by atoms with E-state index in [1.807, 2.05) is 40.7 Å². The average molecular weight is 573 g/mol. The van der Waals surface area contributed by atoms with E-state index in [0.717, 1.165) is 40.7 Å². The van der Waals surface area contributed by atoms with Gasteiger partial charge in [-0.3, -0.25) is 9.78 Å². The van der Waals surface area contributed by atoms with Crippen LogP contribution in [-0.2, 0) is 24.5 Å². The van der Waals surface area contributed by atoms with Crippen LogP contribution < -0.4 is 5.32 Å². The smallest absolute Gasteiger partial charge is 0.270 e. The van der Waals surface area contributed by atoms with Gasteiger partial charge in [-0.05, 0) is 48.2 Å². The molecule has 2 aromatic carbocycles. The number of hydrogen-bond acceptors (Lipinski definition) is 6. The highest BCUT2D eigenvalue weighted by atomic mass is 32.2. The van der Waals surface area contributed by atoms with Gasteiger partial charge in [0.25, 0.3) is 5.91 Å². The molecule has 0 spiro atoms. The number of nitrogens with zero attached hydrogens (tertiary/aromatic N) is 3. The summed E-state index contributed by atoms with van der Waals surface area (Å²) < 4.78 is 29.5. The Morgan fingerprint density at radius 2 is 1.93 bits per heavy atom. The van der Waals surface area contributed by atoms with Crippen LogP contribution in [0.4, 0.5) is 4.39 Å². The van der Waals surface area contributed by atoms with Crippen molar-refractivity contribution in [1.82, 2.24) is 19.6 Å². The number of nitrogens with one attached hydrogen (secondary N) is 1. The third kappa shape index (κ3) is 6.49. The van der Waals surface area contributed by atoms with Gasteiger partial charge >= 0.3 is 0 Å². The minimum atomic E-state index is -1.26. The van der Waals surface area contributed by atoms with Gasteiger partial charge in [-0.1, -0.05) is 55.8 Å². The first-order valence-electron chi connectivity index (χ1n) is 13.8. The molecule has 0 aliphatic carbocycles. The van der Waals surface area contributed by atoms with Crippen LogP contribution in [0.25, 0.3) is 22.4 Å². The molecule has 0 saturated carbocycles. The first-order valence-corrected chi connectivity index (χ1v) is 15.1. The van der Waals surface area contributed by atoms with Crippen molar-refractivity contribution in [1.29, 1.82) is 0 Å². The van der Waals surface area contributed by atoms with Crippen LogP contribution >= 0.6 is 0 Å². The molecule has 7 nitrogen and oxygen atoms in total. The molecule has 2 aromatic heterocycles. The Bertz CT molecular complexity index is 1500. The topological polar surface area (TPSA) is 101 Å². The summed E-state index contributed by atoms with van der Waals surface area (Å²) in [6.45, 7) is 2.38. The first-order chi connectivity index (χ1) is 20.0. The van der Waals surface area contributed by atoms with E-state index in [-0.39, 0.29) is 30.7 Å². The fraction of sp³-hybridized carbons (Fsp3) is 0.281. The molecule has 3 heterocycles. The van der Waals surface area contributed by atoms with Crippen molar-refractivity contribution in [2.75, 3.05) is 12.4 Å². The number of halogens is 1. The normalized spacial score (nSPS) is 15.5. The van der Waals surface area contributed by atoms with Crippen LogP contribution in [0.5, 0.6) is 0 Å². The monoisotopic (exact) mass is 572 g/mol. The number of amides is 1. The van der Waals surface area contributed by atoms with Crippen LogP contribution in [0.3, 0.4) is 0 Å². The molecule has 212 valence electrons. The SMILES string of the molecule is CCCC[S@+]([O-])N1Cc2cc(C(=O)NCc3ccccc3F)nc(-c3cccc(-c4cccnc4)c3)c2[C@@H]1CCO. The molecule has 0 bridgehead atoms. The number of carbonyl (C=O) groups excluding carboxylic acids is 1. The minimum absolute atomic E-state index is 0.0242. The van der Waals surface area contributed by atoms with Gasteiger partial charge in [0.15, 0.2) is 0 Å². The summed E-state index contributed by atoms with van der Waals surface area (Å²) in [5, 5.41) is 12.8. The third-order valence-corrected chi connectivity index (χ3v) is 8.79. The maximum atomic E-state index is 14.2. The van der Waals surface area contributed by atoms with Crippen molar-refractivity contribution in [3.63, 3.8) is 0 Å². The highest BCUT2D eigenvalue weighted by Crippen LogP contribution is 2.43. The van der Waals surface area contributed by atoms with Crippen LogP contribution in [0, 0.1) is 5.82 Å². The molecule has 4 aromatic rings. The second-order valence-corrected chi connectivity index (χ2v) is 11.5. The summed E-state index contributed by atoms with van der Waals surface area (Å²) in [5.74, 6) is -0.286. The molecule has 1 amide bonds. The summed E-state index contributed by atoms with van der Waals surface area (Å²) in [4.78, 5) is 22.4. The molecule has 0 saturated heterocycles. The number of pyridine rings is 2. The van der Waals surface area contributed by atoms with Crippen LogP contribution in [-0.4, -0.2) is 42.2 Å². The quantitative estimate of drug-likeness (QED) is 0.228. The van der Waals surface area contributed by atoms with Gasteiger partial charge in [0.05, 0.1) is 18.3 Å². The molecule has 1 aliphatic heterocycles. The predicted molar refractivity (Wildman–Crippen MR) is 158 cm³/mol. The van der Waals surface area contributed by atoms with Gasteiger partial charge in [0.2, 0.25) is 0 Å². The second kappa shape index (κ2) is 13.4. The third-order valence-electron chi connectivity index (χ3n) is 7.25. The van der Waals surface area contributed by atoms with E-state index in [1.54, 1.807) is 36.7 Å². The van der Waals surface area contributed by atoms with E-state index in [2.05, 4.69) is 17.2 Å². The lowest BCUT2D eigenvalue weighted by atomic mass is 9.94. The van der Waals surface area contributed by atoms with Gasteiger partial charge < -0.3 is 15.0 Å². The maximum absolute atomic E-state index is 14.2. The summed E-state index contributed by atoms with van der Waals surface area (Å²) in [5.41, 5.74) is 5.60. The molecule has 0 radical (unpaired) electrons. The molecule has 2 N–H and O–H groups in total. The number of aromatic nitrogens is 2. The largest absolute Gasteiger partial charge is 0.598 e. The Morgan fingerprint density at radius 1 is 1.12 bits per heavy atom. The van der Waals surface area contributed by atoms with E-state index in [4.69, 9.17) is 4.98 Å². The van der Waals surface area contributed by atoms with Crippen LogP contribution in [0.1, 0.15) is 59.4 Å². The van der Waals surface area contributed by atoms with Crippen molar-refractivity contribution in [2.24, 2.45) is 0 Å². The van der Waals surface area contributed by atoms with E-state index < -0.39 is 17.3 Å². The molecular weight excluding hydrogens is 539 g/mol. The maximum Gasteiger partial charge on any atom is 0.270 e. The Balaban J connectivity index is 1.57. The number of aliphatic hydroxyl groups is 1. The molecule has 0 unspecified atom stereocenters. The van der Waals surface area contributed by atoms with Gasteiger partial charge in [-0.15, -0.1) is 4.31 Å². The minimum Gasteiger partial charge on any atom is -0.598 e. The van der Waals surface area contributed by atoms with Crippen molar-refractivity contribution in [2.45, 2.75) is 45.3 Å².